The van der Waals surface area contributed by atoms with E-state index in [9.17, 15) is 54.3 Å². The zero-order valence-corrected chi connectivity index (χ0v) is 63.4. The quantitative estimate of drug-likeness (QED) is 0.0561. The van der Waals surface area contributed by atoms with Crippen molar-refractivity contribution in [1.82, 2.24) is 16.0 Å². The van der Waals surface area contributed by atoms with E-state index in [1.807, 2.05) is 48.5 Å². The number of aromatic carboxylic acids is 1. The highest BCUT2D eigenvalue weighted by atomic mass is 79.9. The number of nitrogens with one attached hydrogen (secondary N) is 3. The fourth-order valence-electron chi connectivity index (χ4n) is 8.69. The number of carbonyl (C=O) groups excluding carboxylic acids is 3. The predicted octanol–water partition coefficient (Wildman–Crippen LogP) is 23.0. The average Bonchev–Trinajstić information content (AvgIpc) is 1.30. The molecule has 100 heavy (non-hydrogen) atoms. The molecule has 6 aromatic carbocycles. The Balaban J connectivity index is 0.000000238. The van der Waals surface area contributed by atoms with E-state index < -0.39 is 70.6 Å². The van der Waals surface area contributed by atoms with Gasteiger partial charge in [-0.3, -0.25) is 14.4 Å². The Labute approximate surface area is 614 Å². The molecule has 0 aliphatic carbocycles. The summed E-state index contributed by atoms with van der Waals surface area (Å²) in [5.74, 6) is -4.40. The summed E-state index contributed by atoms with van der Waals surface area (Å²) >= 11 is 11.4. The maximum absolute atomic E-state index is 13.8. The van der Waals surface area contributed by atoms with Crippen molar-refractivity contribution in [2.75, 3.05) is 0 Å². The molecule has 0 radical (unpaired) electrons. The van der Waals surface area contributed by atoms with Crippen molar-refractivity contribution in [3.8, 4) is 21.6 Å². The van der Waals surface area contributed by atoms with E-state index in [0.717, 1.165) is 7.57 Å². The normalized spacial score (nSPS) is 11.9. The number of hydrogen-bond donors (Lipinski definition) is 5. The van der Waals surface area contributed by atoms with Crippen molar-refractivity contribution in [2.24, 2.45) is 5.73 Å². The predicted molar refractivity (Wildman–Crippen MR) is 393 cm³/mol. The van der Waals surface area contributed by atoms with Gasteiger partial charge in [-0.2, -0.15) is 0 Å². The van der Waals surface area contributed by atoms with E-state index >= 15 is 0 Å². The number of benzene rings is 6. The molecule has 26 heteroatoms. The summed E-state index contributed by atoms with van der Waals surface area (Å²) in [6.45, 7) is 20.7. The second-order valence-electron chi connectivity index (χ2n) is 23.2. The molecule has 0 fully saturated rings. The van der Waals surface area contributed by atoms with Gasteiger partial charge in [0.25, 0.3) is 17.7 Å². The summed E-state index contributed by atoms with van der Waals surface area (Å²) < 4.78 is 121. The molecule has 0 saturated carbocycles. The topological polar surface area (TPSA) is 169 Å². The van der Waals surface area contributed by atoms with Crippen LogP contribution in [0.1, 0.15) is 186 Å². The lowest BCUT2D eigenvalue weighted by Crippen LogP contribution is -2.26. The van der Waals surface area contributed by atoms with Gasteiger partial charge in [-0.25, -0.2) is 39.9 Å². The second kappa shape index (κ2) is 38.3. The molecule has 4 atom stereocenters. The van der Waals surface area contributed by atoms with Gasteiger partial charge >= 0.3 is 5.97 Å². The Hall–Kier alpha value is -7.75. The molecule has 11 nitrogen and oxygen atoms in total. The summed E-state index contributed by atoms with van der Waals surface area (Å²) in [7, 11) is 0. The van der Waals surface area contributed by atoms with Gasteiger partial charge in [0.1, 0.15) is 62.9 Å². The van der Waals surface area contributed by atoms with E-state index in [0.29, 0.717) is 75.2 Å². The largest absolute Gasteiger partial charge is 0.477 e. The molecule has 0 spiro atoms. The highest BCUT2D eigenvalue weighted by Gasteiger charge is 2.21. The first-order valence-electron chi connectivity index (χ1n) is 30.6. The highest BCUT2D eigenvalue weighted by molar-refractivity contribution is 9.11. The number of carboxylic acid groups (broad SMARTS) is 1. The first-order valence-corrected chi connectivity index (χ1v) is 35.4. The standard InChI is InChI=1S/2C23H23F2NO2S.C14H12BrF2NOS.C9H11F2N.C5H3BrO2S.ClH/c2*1-13(2)16-6-5-7-18(10-16)28-22-9-8-21(29-22)23(27)26-15(4)17-11-19(24)14(3)20(25)12-17;1-7-10(16)5-9(6-11(7)17)8(2)18-14(19)12-3-4-13(15)20-12;1-5-8(10)3-7(6(2)12)4-9(5)11;6-4-2-1-3(9-4)5(7)8;/h2*5-13,15H,1-4H3,(H,26,27);3-6,8H,1-2H3,(H,18,19);3-4,6H,12H2,1-2H3;1-2H,(H,7,8);1H/t2*15-;8-;6-;;/m1111../s1. The van der Waals surface area contributed by atoms with Crippen LogP contribution in [0.25, 0.3) is 0 Å². The monoisotopic (exact) mass is 1600 g/mol. The Morgan fingerprint density at radius 1 is 0.390 bits per heavy atom. The third-order valence-electron chi connectivity index (χ3n) is 15.0. The lowest BCUT2D eigenvalue weighted by molar-refractivity contribution is 0.0701. The summed E-state index contributed by atoms with van der Waals surface area (Å²) in [5, 5.41) is 17.8. The molecule has 10 aromatic rings. The molecule has 4 heterocycles. The second-order valence-corrected chi connectivity index (χ2v) is 30.2. The maximum Gasteiger partial charge on any atom is 0.345 e. The van der Waals surface area contributed by atoms with Crippen LogP contribution in [0.5, 0.6) is 21.6 Å². The fourth-order valence-corrected chi connectivity index (χ4v) is 12.8. The Morgan fingerprint density at radius 2 is 0.660 bits per heavy atom. The van der Waals surface area contributed by atoms with E-state index in [1.54, 1.807) is 76.2 Å². The summed E-state index contributed by atoms with van der Waals surface area (Å²) in [4.78, 5) is 49.1. The molecule has 0 saturated heterocycles. The lowest BCUT2D eigenvalue weighted by atomic mass is 10.0. The molecule has 4 aromatic heterocycles. The van der Waals surface area contributed by atoms with Crippen molar-refractivity contribution >= 4 is 113 Å². The van der Waals surface area contributed by atoms with Gasteiger partial charge in [0.05, 0.1) is 40.3 Å². The van der Waals surface area contributed by atoms with Crippen LogP contribution in [0.3, 0.4) is 0 Å². The van der Waals surface area contributed by atoms with Crippen LogP contribution in [0.15, 0.2) is 153 Å². The molecule has 3 amide bonds. The van der Waals surface area contributed by atoms with E-state index in [1.165, 1.54) is 133 Å². The van der Waals surface area contributed by atoms with Crippen LogP contribution >= 0.6 is 89.6 Å². The molecular formula is C74H73Br2ClF8N4O7S4. The minimum Gasteiger partial charge on any atom is -0.477 e. The first-order chi connectivity index (χ1) is 46.6. The van der Waals surface area contributed by atoms with E-state index in [2.05, 4.69) is 75.5 Å². The van der Waals surface area contributed by atoms with Crippen molar-refractivity contribution in [3.05, 3.63) is 275 Å². The van der Waals surface area contributed by atoms with Crippen LogP contribution in [0, 0.1) is 74.2 Å². The molecule has 0 bridgehead atoms. The molecule has 6 N–H and O–H groups in total. The Morgan fingerprint density at radius 3 is 0.910 bits per heavy atom. The number of amides is 3. The minimum atomic E-state index is -0.870. The van der Waals surface area contributed by atoms with Crippen molar-refractivity contribution in [1.29, 1.82) is 0 Å². The minimum absolute atomic E-state index is 0. The van der Waals surface area contributed by atoms with Gasteiger partial charge < -0.3 is 36.3 Å². The molecule has 0 unspecified atom stereocenters. The zero-order valence-electron chi connectivity index (χ0n) is 56.1. The molecule has 532 valence electrons. The summed E-state index contributed by atoms with van der Waals surface area (Å²) in [5.41, 5.74) is 9.39. The first kappa shape index (κ1) is 82.9. The number of rotatable bonds is 17. The number of nitrogens with two attached hydrogens (primary N) is 1. The average molecular weight is 1610 g/mol. The smallest absolute Gasteiger partial charge is 0.345 e. The van der Waals surface area contributed by atoms with Gasteiger partial charge in [-0.05, 0) is 254 Å². The number of hydrogen-bond acceptors (Lipinski definition) is 11. The van der Waals surface area contributed by atoms with Gasteiger partial charge in [-0.1, -0.05) is 74.6 Å². The third-order valence-corrected chi connectivity index (χ3v) is 20.1. The number of thiophene rings is 4. The van der Waals surface area contributed by atoms with Crippen LogP contribution in [-0.2, 0) is 0 Å². The Kier molecular flexibility index (Phi) is 31.8. The third kappa shape index (κ3) is 24.2. The maximum atomic E-state index is 13.8. The van der Waals surface area contributed by atoms with Crippen molar-refractivity contribution in [3.63, 3.8) is 0 Å². The summed E-state index contributed by atoms with van der Waals surface area (Å²) in [6, 6.07) is 37.3. The number of carboxylic acids is 1. The van der Waals surface area contributed by atoms with Gasteiger partial charge in [0.2, 0.25) is 0 Å². The van der Waals surface area contributed by atoms with Crippen LogP contribution in [0.2, 0.25) is 0 Å². The highest BCUT2D eigenvalue weighted by Crippen LogP contribution is 2.35. The van der Waals surface area contributed by atoms with Crippen molar-refractivity contribution in [2.45, 2.75) is 119 Å². The van der Waals surface area contributed by atoms with Crippen LogP contribution < -0.4 is 31.2 Å². The molecule has 0 aliphatic heterocycles. The molecule has 0 aliphatic rings. The SMILES string of the molecule is Cc1c(F)cc([C@@H](C)N)cc1F.Cc1c(F)cc([C@@H](C)NC(=O)c2ccc(Br)s2)cc1F.Cc1c(F)cc([C@@H](C)NC(=O)c2ccc(Oc3cccc(C(C)C)c3)s2)cc1F.Cc1c(F)cc([C@@H](C)NC(=O)c2ccc(Oc3cccc(C(C)C)c3)s2)cc1F.Cl.O=C(O)c1ccc(Br)s1. The lowest BCUT2D eigenvalue weighted by Gasteiger charge is -2.15. The number of carbonyl (C=O) groups is 4. The van der Waals surface area contributed by atoms with E-state index in [-0.39, 0.29) is 58.4 Å². The van der Waals surface area contributed by atoms with Gasteiger partial charge in [0.15, 0.2) is 10.1 Å². The molecular weight excluding hydrogens is 1530 g/mol. The fraction of sp³-hybridized carbons (Fsp3) is 0.243. The van der Waals surface area contributed by atoms with Crippen molar-refractivity contribution < 1.29 is 68.9 Å². The number of halogens is 11. The summed E-state index contributed by atoms with van der Waals surface area (Å²) in [6.07, 6.45) is 0. The van der Waals surface area contributed by atoms with Crippen LogP contribution in [-0.4, -0.2) is 28.8 Å². The van der Waals surface area contributed by atoms with Crippen LogP contribution in [0.4, 0.5) is 35.1 Å². The zero-order chi connectivity index (χ0) is 73.3. The van der Waals surface area contributed by atoms with Gasteiger partial charge in [0, 0.05) is 28.3 Å². The Bertz CT molecular complexity index is 4210. The van der Waals surface area contributed by atoms with Gasteiger partial charge in [-0.15, -0.1) is 35.1 Å². The molecule has 10 rings (SSSR count). The number of ether oxygens (including phenoxy) is 2. The van der Waals surface area contributed by atoms with E-state index in [4.69, 9.17) is 20.3 Å².